The number of hydrogen-bond acceptors (Lipinski definition) is 5. The molecule has 0 saturated heterocycles. The van der Waals surface area contributed by atoms with Gasteiger partial charge in [0.1, 0.15) is 11.6 Å². The Morgan fingerprint density at radius 3 is 2.57 bits per heavy atom. The van der Waals surface area contributed by atoms with E-state index >= 15 is 0 Å². The van der Waals surface area contributed by atoms with Crippen molar-refractivity contribution in [2.24, 2.45) is 0 Å². The zero-order valence-electron chi connectivity index (χ0n) is 16.1. The molecule has 30 heavy (non-hydrogen) atoms. The number of benzene rings is 2. The second-order valence-corrected chi connectivity index (χ2v) is 6.22. The molecule has 0 aliphatic rings. The molecule has 3 rings (SSSR count). The minimum absolute atomic E-state index is 0.118. The summed E-state index contributed by atoms with van der Waals surface area (Å²) in [5, 5.41) is 6.86. The van der Waals surface area contributed by atoms with E-state index in [4.69, 9.17) is 9.47 Å². The molecule has 2 aromatic carbocycles. The first-order valence-corrected chi connectivity index (χ1v) is 9.03. The summed E-state index contributed by atoms with van der Waals surface area (Å²) in [5.41, 5.74) is 1.09. The molecule has 0 aliphatic heterocycles. The number of halogens is 2. The maximum atomic E-state index is 13.5. The summed E-state index contributed by atoms with van der Waals surface area (Å²) in [6.45, 7) is -0.191. The predicted octanol–water partition coefficient (Wildman–Crippen LogP) is 2.39. The van der Waals surface area contributed by atoms with E-state index in [0.717, 1.165) is 17.7 Å². The number of rotatable bonds is 8. The monoisotopic (exact) mass is 415 g/mol. The molecule has 0 atom stereocenters. The predicted molar refractivity (Wildman–Crippen MR) is 105 cm³/mol. The molecule has 0 spiro atoms. The lowest BCUT2D eigenvalue weighted by Gasteiger charge is -2.10. The number of methoxy groups -OCH3 is 1. The number of amides is 1. The van der Waals surface area contributed by atoms with Crippen LogP contribution in [0.3, 0.4) is 0 Å². The molecule has 7 nitrogen and oxygen atoms in total. The third-order valence-corrected chi connectivity index (χ3v) is 4.15. The van der Waals surface area contributed by atoms with Gasteiger partial charge in [-0.05, 0) is 42.5 Å². The van der Waals surface area contributed by atoms with E-state index in [2.05, 4.69) is 10.4 Å². The first-order chi connectivity index (χ1) is 14.5. The van der Waals surface area contributed by atoms with Crippen molar-refractivity contribution in [1.29, 1.82) is 0 Å². The molecule has 1 heterocycles. The Morgan fingerprint density at radius 1 is 1.10 bits per heavy atom. The quantitative estimate of drug-likeness (QED) is 0.611. The maximum Gasteiger partial charge on any atom is 0.266 e. The number of nitrogens with zero attached hydrogens (tertiary/aromatic N) is 2. The molecule has 3 aromatic rings. The lowest BCUT2D eigenvalue weighted by Crippen LogP contribution is -2.34. The Morgan fingerprint density at radius 2 is 1.87 bits per heavy atom. The minimum atomic E-state index is -0.895. The van der Waals surface area contributed by atoms with Gasteiger partial charge in [0.05, 0.1) is 19.3 Å². The number of ether oxygens (including phenoxy) is 2. The van der Waals surface area contributed by atoms with Crippen LogP contribution >= 0.6 is 0 Å². The Bertz CT molecular complexity index is 1080. The van der Waals surface area contributed by atoms with E-state index in [0.29, 0.717) is 17.5 Å². The molecule has 1 N–H and O–H groups in total. The molecular weight excluding hydrogens is 396 g/mol. The van der Waals surface area contributed by atoms with Gasteiger partial charge in [-0.1, -0.05) is 0 Å². The maximum absolute atomic E-state index is 13.5. The summed E-state index contributed by atoms with van der Waals surface area (Å²) in [6.07, 6.45) is 0. The van der Waals surface area contributed by atoms with Crippen molar-refractivity contribution in [3.05, 3.63) is 76.6 Å². The van der Waals surface area contributed by atoms with Gasteiger partial charge in [-0.2, -0.15) is 5.10 Å². The fourth-order valence-electron chi connectivity index (χ4n) is 2.61. The second kappa shape index (κ2) is 9.64. The van der Waals surface area contributed by atoms with Crippen LogP contribution in [0.1, 0.15) is 0 Å². The van der Waals surface area contributed by atoms with Gasteiger partial charge in [0.15, 0.2) is 18.2 Å². The summed E-state index contributed by atoms with van der Waals surface area (Å²) >= 11 is 0. The van der Waals surface area contributed by atoms with Crippen molar-refractivity contribution in [1.82, 2.24) is 15.1 Å². The summed E-state index contributed by atoms with van der Waals surface area (Å²) in [4.78, 5) is 23.9. The molecule has 0 saturated carbocycles. The number of aromatic nitrogens is 2. The molecular formula is C21H19F2N3O4. The largest absolute Gasteiger partial charge is 0.497 e. The minimum Gasteiger partial charge on any atom is -0.497 e. The van der Waals surface area contributed by atoms with Crippen LogP contribution in [-0.4, -0.2) is 35.9 Å². The number of carbonyl (C=O) groups is 1. The summed E-state index contributed by atoms with van der Waals surface area (Å²) in [5.74, 6) is -1.67. The van der Waals surface area contributed by atoms with Crippen molar-refractivity contribution in [2.45, 2.75) is 6.54 Å². The van der Waals surface area contributed by atoms with E-state index in [1.165, 1.54) is 10.7 Å². The van der Waals surface area contributed by atoms with E-state index in [1.807, 2.05) is 12.1 Å². The van der Waals surface area contributed by atoms with Crippen LogP contribution in [0, 0.1) is 11.6 Å². The highest BCUT2D eigenvalue weighted by molar-refractivity contribution is 5.77. The van der Waals surface area contributed by atoms with Crippen molar-refractivity contribution in [3.63, 3.8) is 0 Å². The van der Waals surface area contributed by atoms with Crippen LogP contribution in [0.2, 0.25) is 0 Å². The van der Waals surface area contributed by atoms with Gasteiger partial charge in [-0.25, -0.2) is 13.5 Å². The van der Waals surface area contributed by atoms with Crippen LogP contribution in [-0.2, 0) is 11.3 Å². The second-order valence-electron chi connectivity index (χ2n) is 6.22. The Kier molecular flexibility index (Phi) is 6.74. The molecule has 1 amide bonds. The van der Waals surface area contributed by atoms with Gasteiger partial charge in [-0.15, -0.1) is 0 Å². The van der Waals surface area contributed by atoms with Crippen molar-refractivity contribution < 1.29 is 23.0 Å². The highest BCUT2D eigenvalue weighted by Gasteiger charge is 2.09. The van der Waals surface area contributed by atoms with Crippen molar-refractivity contribution in [2.75, 3.05) is 20.3 Å². The SMILES string of the molecule is COc1ccc(-c2ccc(=O)n(CCNC(=O)COc3ccc(F)cc3F)n2)cc1. The van der Waals surface area contributed by atoms with Gasteiger partial charge in [0.25, 0.3) is 11.5 Å². The molecule has 156 valence electrons. The Balaban J connectivity index is 1.54. The number of hydrogen-bond donors (Lipinski definition) is 1. The van der Waals surface area contributed by atoms with E-state index in [-0.39, 0.29) is 24.4 Å². The first-order valence-electron chi connectivity index (χ1n) is 9.03. The molecule has 0 unspecified atom stereocenters. The molecule has 0 aliphatic carbocycles. The van der Waals surface area contributed by atoms with Gasteiger partial charge < -0.3 is 14.8 Å². The highest BCUT2D eigenvalue weighted by Crippen LogP contribution is 2.19. The third kappa shape index (κ3) is 5.40. The third-order valence-electron chi connectivity index (χ3n) is 4.15. The van der Waals surface area contributed by atoms with Gasteiger partial charge in [-0.3, -0.25) is 9.59 Å². The Labute approximate surface area is 170 Å². The topological polar surface area (TPSA) is 82.5 Å². The van der Waals surface area contributed by atoms with E-state index < -0.39 is 24.1 Å². The molecule has 1 aromatic heterocycles. The fourth-order valence-corrected chi connectivity index (χ4v) is 2.61. The van der Waals surface area contributed by atoms with E-state index in [1.54, 1.807) is 25.3 Å². The molecule has 0 fully saturated rings. The van der Waals surface area contributed by atoms with Crippen LogP contribution in [0.4, 0.5) is 8.78 Å². The van der Waals surface area contributed by atoms with Crippen LogP contribution in [0.15, 0.2) is 59.4 Å². The standard InChI is InChI=1S/C21H19F2N3O4/c1-29-16-5-2-14(3-6-16)18-7-9-21(28)26(25-18)11-10-24-20(27)13-30-19-8-4-15(22)12-17(19)23/h2-9,12H,10-11,13H2,1H3,(H,24,27). The lowest BCUT2D eigenvalue weighted by molar-refractivity contribution is -0.123. The smallest absolute Gasteiger partial charge is 0.266 e. The summed E-state index contributed by atoms with van der Waals surface area (Å²) < 4.78 is 37.7. The average Bonchev–Trinajstić information content (AvgIpc) is 2.74. The zero-order chi connectivity index (χ0) is 21.5. The molecule has 0 radical (unpaired) electrons. The highest BCUT2D eigenvalue weighted by atomic mass is 19.1. The first kappa shape index (κ1) is 21.0. The lowest BCUT2D eigenvalue weighted by atomic mass is 10.1. The van der Waals surface area contributed by atoms with E-state index in [9.17, 15) is 18.4 Å². The average molecular weight is 415 g/mol. The van der Waals surface area contributed by atoms with Crippen LogP contribution in [0.25, 0.3) is 11.3 Å². The zero-order valence-corrected chi connectivity index (χ0v) is 16.1. The fraction of sp³-hybridized carbons (Fsp3) is 0.190. The van der Waals surface area contributed by atoms with Gasteiger partial charge >= 0.3 is 0 Å². The van der Waals surface area contributed by atoms with Gasteiger partial charge in [0.2, 0.25) is 0 Å². The van der Waals surface area contributed by atoms with Crippen LogP contribution < -0.4 is 20.3 Å². The Hall–Kier alpha value is -3.75. The molecule has 0 bridgehead atoms. The summed E-state index contributed by atoms with van der Waals surface area (Å²) in [7, 11) is 1.57. The van der Waals surface area contributed by atoms with Crippen LogP contribution in [0.5, 0.6) is 11.5 Å². The summed E-state index contributed by atoms with van der Waals surface area (Å²) in [6, 6.07) is 13.0. The molecule has 9 heteroatoms. The normalized spacial score (nSPS) is 10.5. The van der Waals surface area contributed by atoms with Crippen molar-refractivity contribution >= 4 is 5.91 Å². The number of carbonyl (C=O) groups excluding carboxylic acids is 1. The number of nitrogens with one attached hydrogen (secondary N) is 1. The van der Waals surface area contributed by atoms with Crippen molar-refractivity contribution in [3.8, 4) is 22.8 Å². The van der Waals surface area contributed by atoms with Gasteiger partial charge in [0, 0.05) is 24.2 Å².